The minimum Gasteiger partial charge on any atom is -0.392 e. The van der Waals surface area contributed by atoms with Crippen LogP contribution in [0, 0.1) is 6.92 Å². The van der Waals surface area contributed by atoms with Crippen LogP contribution in [0.2, 0.25) is 0 Å². The van der Waals surface area contributed by atoms with Gasteiger partial charge in [0.15, 0.2) is 10.6 Å². The number of hydrogen-bond donors (Lipinski definition) is 3. The first kappa shape index (κ1) is 30.1. The zero-order valence-electron chi connectivity index (χ0n) is 22.8. The van der Waals surface area contributed by atoms with E-state index in [0.29, 0.717) is 19.4 Å². The Bertz CT molecular complexity index is 1240. The SMILES string of the molecule is CC(=O)NCCCCCC(=O)Nc1ccc([C@H]2O[C@@H](CSc3nnc(C)s3)C[C@@H](c3ccc(CO)cc3)O2)cc1. The van der Waals surface area contributed by atoms with Gasteiger partial charge < -0.3 is 25.2 Å². The number of nitrogens with one attached hydrogen (secondary N) is 2. The van der Waals surface area contributed by atoms with Gasteiger partial charge in [-0.15, -0.1) is 10.2 Å². The fourth-order valence-corrected chi connectivity index (χ4v) is 6.18. The van der Waals surface area contributed by atoms with Crippen LogP contribution in [-0.2, 0) is 25.7 Å². The van der Waals surface area contributed by atoms with E-state index in [9.17, 15) is 14.7 Å². The second-order valence-corrected chi connectivity index (χ2v) is 12.2. The predicted octanol–water partition coefficient (Wildman–Crippen LogP) is 5.31. The monoisotopic (exact) mass is 584 g/mol. The standard InChI is InChI=1S/C29H36N4O5S2/c1-19(35)30-15-5-3-4-6-27(36)31-24-13-11-23(12-14-24)28-37-25(18-39-29-33-32-20(2)40-29)16-26(38-28)22-9-7-21(17-34)8-10-22/h7-14,25-26,28,34H,3-6,15-18H2,1-2H3,(H,30,35)(H,31,36)/t25-,26+,28+/m1/s1. The lowest BCUT2D eigenvalue weighted by Gasteiger charge is -2.36. The lowest BCUT2D eigenvalue weighted by Crippen LogP contribution is -2.31. The van der Waals surface area contributed by atoms with Crippen molar-refractivity contribution in [1.82, 2.24) is 15.5 Å². The minimum atomic E-state index is -0.564. The summed E-state index contributed by atoms with van der Waals surface area (Å²) < 4.78 is 13.7. The second kappa shape index (κ2) is 15.2. The van der Waals surface area contributed by atoms with E-state index in [1.54, 1.807) is 23.1 Å². The molecule has 40 heavy (non-hydrogen) atoms. The number of thioether (sulfide) groups is 1. The number of anilines is 1. The summed E-state index contributed by atoms with van der Waals surface area (Å²) in [5, 5.41) is 24.4. The smallest absolute Gasteiger partial charge is 0.224 e. The Morgan fingerprint density at radius 1 is 1.02 bits per heavy atom. The van der Waals surface area contributed by atoms with Crippen LogP contribution in [0.1, 0.15) is 73.1 Å². The number of nitrogens with zero attached hydrogens (tertiary/aromatic N) is 2. The molecular weight excluding hydrogens is 548 g/mol. The fraction of sp³-hybridized carbons (Fsp3) is 0.448. The summed E-state index contributed by atoms with van der Waals surface area (Å²) in [4.78, 5) is 23.3. The van der Waals surface area contributed by atoms with E-state index in [1.165, 1.54) is 6.92 Å². The number of aryl methyl sites for hydroxylation is 1. The van der Waals surface area contributed by atoms with Crippen LogP contribution in [0.4, 0.5) is 5.69 Å². The number of ether oxygens (including phenoxy) is 2. The van der Waals surface area contributed by atoms with Gasteiger partial charge >= 0.3 is 0 Å². The topological polar surface area (TPSA) is 123 Å². The molecule has 3 N–H and O–H groups in total. The molecule has 1 fully saturated rings. The van der Waals surface area contributed by atoms with E-state index < -0.39 is 6.29 Å². The summed E-state index contributed by atoms with van der Waals surface area (Å²) >= 11 is 3.21. The summed E-state index contributed by atoms with van der Waals surface area (Å²) in [6.45, 7) is 4.08. The van der Waals surface area contributed by atoms with E-state index in [2.05, 4.69) is 20.8 Å². The first-order chi connectivity index (χ1) is 19.4. The van der Waals surface area contributed by atoms with Crippen LogP contribution in [0.5, 0.6) is 0 Å². The van der Waals surface area contributed by atoms with E-state index in [4.69, 9.17) is 9.47 Å². The summed E-state index contributed by atoms with van der Waals surface area (Å²) in [5.74, 6) is 0.654. The highest BCUT2D eigenvalue weighted by molar-refractivity contribution is 8.01. The predicted molar refractivity (Wildman–Crippen MR) is 156 cm³/mol. The van der Waals surface area contributed by atoms with Crippen molar-refractivity contribution in [2.24, 2.45) is 0 Å². The summed E-state index contributed by atoms with van der Waals surface area (Å²) in [6, 6.07) is 15.4. The molecule has 0 unspecified atom stereocenters. The van der Waals surface area contributed by atoms with Crippen molar-refractivity contribution in [3.63, 3.8) is 0 Å². The van der Waals surface area contributed by atoms with E-state index in [0.717, 1.165) is 56.7 Å². The molecule has 4 rings (SSSR count). The van der Waals surface area contributed by atoms with E-state index >= 15 is 0 Å². The molecule has 1 aromatic heterocycles. The van der Waals surface area contributed by atoms with Gasteiger partial charge in [0.25, 0.3) is 0 Å². The fourth-order valence-electron chi connectivity index (χ4n) is 4.32. The molecule has 9 nitrogen and oxygen atoms in total. The van der Waals surface area contributed by atoms with Gasteiger partial charge in [-0.05, 0) is 43.0 Å². The normalized spacial score (nSPS) is 18.8. The van der Waals surface area contributed by atoms with Crippen molar-refractivity contribution in [3.8, 4) is 0 Å². The van der Waals surface area contributed by atoms with Crippen molar-refractivity contribution in [3.05, 3.63) is 70.2 Å². The third-order valence-corrected chi connectivity index (χ3v) is 8.54. The number of rotatable bonds is 13. The maximum absolute atomic E-state index is 12.4. The number of unbranched alkanes of at least 4 members (excludes halogenated alkanes) is 2. The molecular formula is C29H36N4O5S2. The maximum Gasteiger partial charge on any atom is 0.224 e. The zero-order valence-corrected chi connectivity index (χ0v) is 24.4. The van der Waals surface area contributed by atoms with Crippen LogP contribution < -0.4 is 10.6 Å². The Balaban J connectivity index is 1.35. The molecule has 1 aliphatic heterocycles. The molecule has 0 aliphatic carbocycles. The third-order valence-electron chi connectivity index (χ3n) is 6.44. The first-order valence-corrected chi connectivity index (χ1v) is 15.3. The number of carbonyl (C=O) groups excluding carboxylic acids is 2. The van der Waals surface area contributed by atoms with Gasteiger partial charge in [0.1, 0.15) is 5.01 Å². The number of benzene rings is 2. The van der Waals surface area contributed by atoms with Crippen LogP contribution in [0.15, 0.2) is 52.9 Å². The largest absolute Gasteiger partial charge is 0.392 e. The number of amides is 2. The lowest BCUT2D eigenvalue weighted by atomic mass is 10.0. The van der Waals surface area contributed by atoms with Crippen LogP contribution in [0.3, 0.4) is 0 Å². The molecule has 2 amide bonds. The number of aliphatic hydroxyl groups is 1. The van der Waals surface area contributed by atoms with Gasteiger partial charge in [-0.1, -0.05) is 65.9 Å². The molecule has 11 heteroatoms. The van der Waals surface area contributed by atoms with Crippen molar-refractivity contribution >= 4 is 40.6 Å². The highest BCUT2D eigenvalue weighted by Gasteiger charge is 2.32. The highest BCUT2D eigenvalue weighted by atomic mass is 32.2. The molecule has 3 aromatic rings. The Morgan fingerprint density at radius 3 is 2.45 bits per heavy atom. The van der Waals surface area contributed by atoms with Gasteiger partial charge in [0.05, 0.1) is 18.8 Å². The highest BCUT2D eigenvalue weighted by Crippen LogP contribution is 2.39. The Morgan fingerprint density at radius 2 is 1.77 bits per heavy atom. The zero-order chi connectivity index (χ0) is 28.3. The van der Waals surface area contributed by atoms with Crippen LogP contribution >= 0.6 is 23.1 Å². The van der Waals surface area contributed by atoms with Crippen LogP contribution in [-0.4, -0.2) is 45.5 Å². The van der Waals surface area contributed by atoms with Gasteiger partial charge in [0.2, 0.25) is 11.8 Å². The Hall–Kier alpha value is -2.83. The van der Waals surface area contributed by atoms with E-state index in [-0.39, 0.29) is 30.6 Å². The molecule has 0 saturated carbocycles. The van der Waals surface area contributed by atoms with Crippen molar-refractivity contribution in [1.29, 1.82) is 0 Å². The summed E-state index contributed by atoms with van der Waals surface area (Å²) in [6.07, 6.45) is 2.83. The van der Waals surface area contributed by atoms with Gasteiger partial charge in [-0.25, -0.2) is 0 Å². The lowest BCUT2D eigenvalue weighted by molar-refractivity contribution is -0.245. The molecule has 1 saturated heterocycles. The number of aliphatic hydroxyl groups excluding tert-OH is 1. The average Bonchev–Trinajstić information content (AvgIpc) is 3.39. The van der Waals surface area contributed by atoms with Crippen molar-refractivity contribution in [2.75, 3.05) is 17.6 Å². The van der Waals surface area contributed by atoms with E-state index in [1.807, 2.05) is 55.5 Å². The molecule has 3 atom stereocenters. The molecule has 2 heterocycles. The maximum atomic E-state index is 12.4. The van der Waals surface area contributed by atoms with Gasteiger partial charge in [0, 0.05) is 43.3 Å². The summed E-state index contributed by atoms with van der Waals surface area (Å²) in [5.41, 5.74) is 3.48. The number of hydrogen-bond acceptors (Lipinski definition) is 9. The minimum absolute atomic E-state index is 0.000435. The molecule has 2 aromatic carbocycles. The number of aromatic nitrogens is 2. The molecule has 214 valence electrons. The Kier molecular flexibility index (Phi) is 11.5. The summed E-state index contributed by atoms with van der Waals surface area (Å²) in [7, 11) is 0. The quantitative estimate of drug-likeness (QED) is 0.182. The molecule has 0 radical (unpaired) electrons. The second-order valence-electron chi connectivity index (χ2n) is 9.71. The average molecular weight is 585 g/mol. The van der Waals surface area contributed by atoms with Crippen LogP contribution in [0.25, 0.3) is 0 Å². The first-order valence-electron chi connectivity index (χ1n) is 13.5. The molecule has 0 bridgehead atoms. The molecule has 0 spiro atoms. The van der Waals surface area contributed by atoms with Gasteiger partial charge in [-0.2, -0.15) is 0 Å². The van der Waals surface area contributed by atoms with Crippen molar-refractivity contribution in [2.45, 2.75) is 75.4 Å². The third kappa shape index (κ3) is 9.38. The Labute approximate surface area is 243 Å². The van der Waals surface area contributed by atoms with Crippen molar-refractivity contribution < 1.29 is 24.2 Å². The molecule has 1 aliphatic rings. The number of carbonyl (C=O) groups is 2. The van der Waals surface area contributed by atoms with Gasteiger partial charge in [-0.3, -0.25) is 9.59 Å².